The van der Waals surface area contributed by atoms with E-state index >= 15 is 0 Å². The van der Waals surface area contributed by atoms with Gasteiger partial charge in [-0.2, -0.15) is 0 Å². The average Bonchev–Trinajstić information content (AvgIpc) is 3.30. The van der Waals surface area contributed by atoms with Crippen molar-refractivity contribution >= 4 is 17.8 Å². The third-order valence-corrected chi connectivity index (χ3v) is 7.88. The number of nitrogens with one attached hydrogen (secondary N) is 1. The maximum Gasteiger partial charge on any atom is 0.314 e. The Bertz CT molecular complexity index is 1120. The van der Waals surface area contributed by atoms with E-state index in [0.717, 1.165) is 18.4 Å². The Morgan fingerprint density at radius 3 is 2.32 bits per heavy atom. The molecule has 1 aliphatic heterocycles. The zero-order chi connectivity index (χ0) is 27.3. The quantitative estimate of drug-likeness (QED) is 0.495. The highest BCUT2D eigenvalue weighted by Crippen LogP contribution is 2.36. The van der Waals surface area contributed by atoms with Crippen LogP contribution < -0.4 is 11.1 Å². The molecule has 0 spiro atoms. The zero-order valence-corrected chi connectivity index (χ0v) is 22.9. The van der Waals surface area contributed by atoms with Crippen molar-refractivity contribution in [2.75, 3.05) is 19.7 Å². The number of rotatable bonds is 9. The van der Waals surface area contributed by atoms with Crippen molar-refractivity contribution in [2.24, 2.45) is 17.1 Å². The summed E-state index contributed by atoms with van der Waals surface area (Å²) in [5.41, 5.74) is 7.79. The van der Waals surface area contributed by atoms with Gasteiger partial charge in [-0.1, -0.05) is 54.6 Å². The summed E-state index contributed by atoms with van der Waals surface area (Å²) in [4.78, 5) is 42.1. The summed E-state index contributed by atoms with van der Waals surface area (Å²) in [6.45, 7) is 6.18. The van der Waals surface area contributed by atoms with E-state index in [1.807, 2.05) is 42.5 Å². The van der Waals surface area contributed by atoms with Gasteiger partial charge < -0.3 is 20.7 Å². The molecule has 2 aromatic rings. The van der Waals surface area contributed by atoms with Crippen LogP contribution in [-0.4, -0.2) is 54.0 Å². The van der Waals surface area contributed by atoms with Gasteiger partial charge in [0.25, 0.3) is 0 Å². The highest BCUT2D eigenvalue weighted by atomic mass is 16.5. The Morgan fingerprint density at radius 2 is 1.71 bits per heavy atom. The standard InChI is InChI=1S/C31H41N3O4/c1-4-38-29(37)31(20-22-11-6-5-7-12-22)15-10-16-34(21-31)27(35)26(33-28(36)30(2,3)32)19-23-17-24-13-8-9-14-25(24)18-23/h5-9,11-14,23,26H,4,10,15-21,32H2,1-3H3,(H,33,36)/t26-,31?/m1/s1. The van der Waals surface area contributed by atoms with Gasteiger partial charge in [0.05, 0.1) is 17.6 Å². The first-order valence-corrected chi connectivity index (χ1v) is 13.8. The average molecular weight is 520 g/mol. The van der Waals surface area contributed by atoms with E-state index in [1.54, 1.807) is 25.7 Å². The molecule has 0 saturated carbocycles. The van der Waals surface area contributed by atoms with Crippen LogP contribution in [0.1, 0.15) is 56.7 Å². The SMILES string of the molecule is CCOC(=O)C1(Cc2ccccc2)CCCN(C(=O)[C@@H](CC2Cc3ccccc3C2)NC(=O)C(C)(C)N)C1. The molecule has 1 unspecified atom stereocenters. The number of fused-ring (bicyclic) bond motifs is 1. The van der Waals surface area contributed by atoms with Crippen LogP contribution in [0.4, 0.5) is 0 Å². The van der Waals surface area contributed by atoms with Gasteiger partial charge in [-0.3, -0.25) is 14.4 Å². The molecule has 7 nitrogen and oxygen atoms in total. The second-order valence-electron chi connectivity index (χ2n) is 11.6. The Labute approximate surface area is 226 Å². The fourth-order valence-electron chi connectivity index (χ4n) is 5.91. The first-order valence-electron chi connectivity index (χ1n) is 13.8. The fraction of sp³-hybridized carbons (Fsp3) is 0.516. The van der Waals surface area contributed by atoms with Gasteiger partial charge in [0.15, 0.2) is 0 Å². The third-order valence-electron chi connectivity index (χ3n) is 7.88. The smallest absolute Gasteiger partial charge is 0.314 e. The van der Waals surface area contributed by atoms with Gasteiger partial charge >= 0.3 is 5.97 Å². The van der Waals surface area contributed by atoms with Crippen LogP contribution in [0.3, 0.4) is 0 Å². The second kappa shape index (κ2) is 11.7. The predicted molar refractivity (Wildman–Crippen MR) is 147 cm³/mol. The molecule has 1 heterocycles. The Balaban J connectivity index is 1.56. The first-order chi connectivity index (χ1) is 18.1. The number of hydrogen-bond donors (Lipinski definition) is 2. The third kappa shape index (κ3) is 6.44. The summed E-state index contributed by atoms with van der Waals surface area (Å²) in [6, 6.07) is 17.5. The van der Waals surface area contributed by atoms with Gasteiger partial charge in [-0.25, -0.2) is 0 Å². The summed E-state index contributed by atoms with van der Waals surface area (Å²) in [7, 11) is 0. The minimum Gasteiger partial charge on any atom is -0.466 e. The fourth-order valence-corrected chi connectivity index (χ4v) is 5.91. The van der Waals surface area contributed by atoms with E-state index in [-0.39, 0.29) is 36.9 Å². The molecular weight excluding hydrogens is 478 g/mol. The number of piperidine rings is 1. The highest BCUT2D eigenvalue weighted by molar-refractivity contribution is 5.92. The van der Waals surface area contributed by atoms with Gasteiger partial charge in [0, 0.05) is 13.1 Å². The molecule has 0 radical (unpaired) electrons. The lowest BCUT2D eigenvalue weighted by Crippen LogP contribution is -2.59. The normalized spacial score (nSPS) is 20.5. The molecular formula is C31H41N3O4. The van der Waals surface area contributed by atoms with Crippen molar-refractivity contribution in [3.05, 3.63) is 71.3 Å². The molecule has 38 heavy (non-hydrogen) atoms. The monoisotopic (exact) mass is 519 g/mol. The minimum absolute atomic E-state index is 0.153. The number of nitrogens with two attached hydrogens (primary N) is 1. The van der Waals surface area contributed by atoms with Crippen molar-refractivity contribution in [2.45, 2.75) is 70.9 Å². The molecule has 1 fully saturated rings. The predicted octanol–water partition coefficient (Wildman–Crippen LogP) is 3.43. The van der Waals surface area contributed by atoms with E-state index in [1.165, 1.54) is 11.1 Å². The highest BCUT2D eigenvalue weighted by Gasteiger charge is 2.46. The Kier molecular flexibility index (Phi) is 8.56. The van der Waals surface area contributed by atoms with Crippen LogP contribution in [-0.2, 0) is 38.4 Å². The van der Waals surface area contributed by atoms with Crippen molar-refractivity contribution < 1.29 is 19.1 Å². The van der Waals surface area contributed by atoms with Gasteiger partial charge in [0.2, 0.25) is 11.8 Å². The molecule has 7 heteroatoms. The molecule has 2 aliphatic rings. The summed E-state index contributed by atoms with van der Waals surface area (Å²) in [5, 5.41) is 2.97. The van der Waals surface area contributed by atoms with Crippen LogP contribution in [0.25, 0.3) is 0 Å². The Morgan fingerprint density at radius 1 is 1.08 bits per heavy atom. The molecule has 4 rings (SSSR count). The molecule has 204 valence electrons. The molecule has 0 bridgehead atoms. The zero-order valence-electron chi connectivity index (χ0n) is 22.9. The number of ether oxygens (including phenoxy) is 1. The van der Waals surface area contributed by atoms with Crippen LogP contribution in [0.15, 0.2) is 54.6 Å². The lowest BCUT2D eigenvalue weighted by molar-refractivity contribution is -0.161. The van der Waals surface area contributed by atoms with Crippen molar-refractivity contribution in [3.8, 4) is 0 Å². The van der Waals surface area contributed by atoms with Crippen LogP contribution in [0, 0.1) is 11.3 Å². The van der Waals surface area contributed by atoms with Crippen molar-refractivity contribution in [3.63, 3.8) is 0 Å². The van der Waals surface area contributed by atoms with Crippen molar-refractivity contribution in [1.29, 1.82) is 0 Å². The van der Waals surface area contributed by atoms with E-state index in [2.05, 4.69) is 17.4 Å². The molecule has 3 N–H and O–H groups in total. The number of benzene rings is 2. The minimum atomic E-state index is -1.11. The van der Waals surface area contributed by atoms with Gasteiger partial charge in [-0.15, -0.1) is 0 Å². The van der Waals surface area contributed by atoms with Gasteiger partial charge in [0.1, 0.15) is 6.04 Å². The number of carbonyl (C=O) groups excluding carboxylic acids is 3. The Hall–Kier alpha value is -3.19. The number of carbonyl (C=O) groups is 3. The van der Waals surface area contributed by atoms with E-state index in [0.29, 0.717) is 32.2 Å². The van der Waals surface area contributed by atoms with E-state index in [9.17, 15) is 14.4 Å². The van der Waals surface area contributed by atoms with E-state index in [4.69, 9.17) is 10.5 Å². The molecule has 2 atom stereocenters. The number of amides is 2. The lowest BCUT2D eigenvalue weighted by Gasteiger charge is -2.42. The molecule has 0 aromatic heterocycles. The number of nitrogens with zero attached hydrogens (tertiary/aromatic N) is 1. The lowest BCUT2D eigenvalue weighted by atomic mass is 9.74. The summed E-state index contributed by atoms with van der Waals surface area (Å²) in [6.07, 6.45) is 4.12. The van der Waals surface area contributed by atoms with Crippen molar-refractivity contribution in [1.82, 2.24) is 10.2 Å². The largest absolute Gasteiger partial charge is 0.466 e. The van der Waals surface area contributed by atoms with E-state index < -0.39 is 17.0 Å². The molecule has 2 aromatic carbocycles. The summed E-state index contributed by atoms with van der Waals surface area (Å²) >= 11 is 0. The second-order valence-corrected chi connectivity index (χ2v) is 11.6. The summed E-state index contributed by atoms with van der Waals surface area (Å²) < 4.78 is 5.54. The molecule has 1 aliphatic carbocycles. The summed E-state index contributed by atoms with van der Waals surface area (Å²) in [5.74, 6) is -0.535. The van der Waals surface area contributed by atoms with Gasteiger partial charge in [-0.05, 0) is 81.9 Å². The maximum absolute atomic E-state index is 14.1. The molecule has 2 amide bonds. The maximum atomic E-state index is 14.1. The van der Waals surface area contributed by atoms with Crippen LogP contribution in [0.2, 0.25) is 0 Å². The number of hydrogen-bond acceptors (Lipinski definition) is 5. The first kappa shape index (κ1) is 27.8. The number of esters is 1. The van der Waals surface area contributed by atoms with Crippen LogP contribution in [0.5, 0.6) is 0 Å². The topological polar surface area (TPSA) is 102 Å². The number of likely N-dealkylation sites (tertiary alicyclic amines) is 1. The molecule has 1 saturated heterocycles. The van der Waals surface area contributed by atoms with Crippen LogP contribution >= 0.6 is 0 Å².